The number of aliphatic hydroxyl groups is 1. The molecule has 0 saturated carbocycles. The standard InChI is InChI=1S/C9H10F2N2OS/c1-15-7-2-6-5(3-12-7)8(14)9(10,11)4-13-6/h2-3,8,13-14H,4H2,1H3. The fourth-order valence-electron chi connectivity index (χ4n) is 1.47. The molecule has 2 rings (SSSR count). The summed E-state index contributed by atoms with van der Waals surface area (Å²) in [4.78, 5) is 3.96. The largest absolute Gasteiger partial charge is 0.382 e. The number of hydrogen-bond donors (Lipinski definition) is 2. The second kappa shape index (κ2) is 3.61. The molecule has 82 valence electrons. The number of fused-ring (bicyclic) bond motifs is 1. The highest BCUT2D eigenvalue weighted by atomic mass is 32.2. The third-order valence-electron chi connectivity index (χ3n) is 2.33. The van der Waals surface area contributed by atoms with Gasteiger partial charge in [-0.15, -0.1) is 11.8 Å². The van der Waals surface area contributed by atoms with E-state index < -0.39 is 18.6 Å². The summed E-state index contributed by atoms with van der Waals surface area (Å²) in [6, 6.07) is 1.67. The maximum atomic E-state index is 13.1. The van der Waals surface area contributed by atoms with Crippen molar-refractivity contribution in [2.45, 2.75) is 17.1 Å². The molecule has 0 fully saturated rings. The zero-order valence-corrected chi connectivity index (χ0v) is 8.81. The fraction of sp³-hybridized carbons (Fsp3) is 0.444. The Morgan fingerprint density at radius 3 is 3.07 bits per heavy atom. The molecule has 1 aliphatic heterocycles. The van der Waals surface area contributed by atoms with Gasteiger partial charge in [0.05, 0.1) is 11.6 Å². The van der Waals surface area contributed by atoms with Crippen LogP contribution in [0.1, 0.15) is 11.7 Å². The van der Waals surface area contributed by atoms with Gasteiger partial charge in [-0.2, -0.15) is 0 Å². The van der Waals surface area contributed by atoms with Crippen molar-refractivity contribution in [1.29, 1.82) is 0 Å². The van der Waals surface area contributed by atoms with Gasteiger partial charge in [-0.25, -0.2) is 13.8 Å². The van der Waals surface area contributed by atoms with Gasteiger partial charge in [-0.1, -0.05) is 0 Å². The lowest BCUT2D eigenvalue weighted by Gasteiger charge is -2.30. The van der Waals surface area contributed by atoms with E-state index in [0.29, 0.717) is 5.69 Å². The van der Waals surface area contributed by atoms with Crippen LogP contribution in [0, 0.1) is 0 Å². The summed E-state index contributed by atoms with van der Waals surface area (Å²) >= 11 is 1.42. The zero-order valence-electron chi connectivity index (χ0n) is 8.00. The lowest BCUT2D eigenvalue weighted by Crippen LogP contribution is -2.38. The highest BCUT2D eigenvalue weighted by molar-refractivity contribution is 7.98. The number of anilines is 1. The Balaban J connectivity index is 2.42. The Hall–Kier alpha value is -0.880. The number of halogens is 2. The van der Waals surface area contributed by atoms with Crippen LogP contribution < -0.4 is 5.32 Å². The van der Waals surface area contributed by atoms with Crippen molar-refractivity contribution >= 4 is 17.4 Å². The Morgan fingerprint density at radius 1 is 1.67 bits per heavy atom. The molecule has 15 heavy (non-hydrogen) atoms. The van der Waals surface area contributed by atoms with Crippen molar-refractivity contribution in [3.63, 3.8) is 0 Å². The third-order valence-corrected chi connectivity index (χ3v) is 2.97. The van der Waals surface area contributed by atoms with Crippen LogP contribution in [0.25, 0.3) is 0 Å². The number of nitrogens with zero attached hydrogens (tertiary/aromatic N) is 1. The first-order valence-electron chi connectivity index (χ1n) is 4.38. The summed E-state index contributed by atoms with van der Waals surface area (Å²) in [7, 11) is 0. The molecular weight excluding hydrogens is 222 g/mol. The predicted octanol–water partition coefficient (Wildman–Crippen LogP) is 1.90. The van der Waals surface area contributed by atoms with Gasteiger partial charge < -0.3 is 10.4 Å². The molecule has 1 unspecified atom stereocenters. The number of alkyl halides is 2. The Bertz CT molecular complexity index is 386. The molecule has 1 aliphatic rings. The van der Waals surface area contributed by atoms with Crippen LogP contribution in [0.5, 0.6) is 0 Å². The Morgan fingerprint density at radius 2 is 2.40 bits per heavy atom. The van der Waals surface area contributed by atoms with Crippen molar-refractivity contribution in [2.24, 2.45) is 0 Å². The average molecular weight is 232 g/mol. The highest BCUT2D eigenvalue weighted by Gasteiger charge is 2.43. The van der Waals surface area contributed by atoms with Crippen molar-refractivity contribution < 1.29 is 13.9 Å². The summed E-state index contributed by atoms with van der Waals surface area (Å²) in [6.45, 7) is -0.543. The molecule has 0 aliphatic carbocycles. The number of hydrogen-bond acceptors (Lipinski definition) is 4. The maximum absolute atomic E-state index is 13.1. The Kier molecular flexibility index (Phi) is 2.56. The summed E-state index contributed by atoms with van der Waals surface area (Å²) in [6.07, 6.45) is 1.38. The lowest BCUT2D eigenvalue weighted by molar-refractivity contribution is -0.103. The van der Waals surface area contributed by atoms with E-state index in [1.165, 1.54) is 18.0 Å². The monoisotopic (exact) mass is 232 g/mol. The van der Waals surface area contributed by atoms with E-state index >= 15 is 0 Å². The number of aromatic nitrogens is 1. The average Bonchev–Trinajstić information content (AvgIpc) is 2.23. The van der Waals surface area contributed by atoms with Crippen LogP contribution in [-0.2, 0) is 0 Å². The molecule has 3 nitrogen and oxygen atoms in total. The number of rotatable bonds is 1. The highest BCUT2D eigenvalue weighted by Crippen LogP contribution is 2.39. The van der Waals surface area contributed by atoms with Crippen molar-refractivity contribution in [1.82, 2.24) is 4.98 Å². The van der Waals surface area contributed by atoms with Gasteiger partial charge in [-0.05, 0) is 12.3 Å². The summed E-state index contributed by atoms with van der Waals surface area (Å²) in [5.41, 5.74) is 0.692. The van der Waals surface area contributed by atoms with Gasteiger partial charge in [0.15, 0.2) is 0 Å². The van der Waals surface area contributed by atoms with Crippen molar-refractivity contribution in [2.75, 3.05) is 18.1 Å². The minimum Gasteiger partial charge on any atom is -0.382 e. The maximum Gasteiger partial charge on any atom is 0.294 e. The van der Waals surface area contributed by atoms with Crippen LogP contribution in [-0.4, -0.2) is 28.8 Å². The second-order valence-corrected chi connectivity index (χ2v) is 4.16. The molecule has 1 atom stereocenters. The van der Waals surface area contributed by atoms with Crippen LogP contribution in [0.3, 0.4) is 0 Å². The van der Waals surface area contributed by atoms with E-state index in [9.17, 15) is 13.9 Å². The van der Waals surface area contributed by atoms with Gasteiger partial charge in [0, 0.05) is 17.4 Å². The smallest absolute Gasteiger partial charge is 0.294 e. The SMILES string of the molecule is CSc1cc2c(cn1)C(O)C(F)(F)CN2. The molecule has 1 aromatic heterocycles. The van der Waals surface area contributed by atoms with Crippen molar-refractivity contribution in [3.8, 4) is 0 Å². The first-order valence-corrected chi connectivity index (χ1v) is 5.61. The van der Waals surface area contributed by atoms with Gasteiger partial charge in [0.1, 0.15) is 6.10 Å². The van der Waals surface area contributed by atoms with Crippen LogP contribution in [0.2, 0.25) is 0 Å². The zero-order chi connectivity index (χ0) is 11.1. The molecule has 2 N–H and O–H groups in total. The lowest BCUT2D eigenvalue weighted by atomic mass is 10.00. The van der Waals surface area contributed by atoms with E-state index in [1.807, 2.05) is 6.26 Å². The van der Waals surface area contributed by atoms with Gasteiger partial charge in [0.25, 0.3) is 5.92 Å². The summed E-state index contributed by atoms with van der Waals surface area (Å²) < 4.78 is 26.2. The summed E-state index contributed by atoms with van der Waals surface area (Å²) in [5.74, 6) is -3.13. The molecule has 0 spiro atoms. The Labute approximate surface area is 89.9 Å². The molecule has 0 aromatic carbocycles. The number of aliphatic hydroxyl groups excluding tert-OH is 1. The number of thioether (sulfide) groups is 1. The van der Waals surface area contributed by atoms with Crippen LogP contribution in [0.4, 0.5) is 14.5 Å². The summed E-state index contributed by atoms with van der Waals surface area (Å²) in [5, 5.41) is 12.7. The van der Waals surface area contributed by atoms with Crippen molar-refractivity contribution in [3.05, 3.63) is 17.8 Å². The third kappa shape index (κ3) is 1.79. The molecular formula is C9H10F2N2OS. The van der Waals surface area contributed by atoms with E-state index in [0.717, 1.165) is 5.03 Å². The van der Waals surface area contributed by atoms with Crippen LogP contribution in [0.15, 0.2) is 17.3 Å². The molecule has 0 amide bonds. The van der Waals surface area contributed by atoms with Gasteiger partial charge in [-0.3, -0.25) is 0 Å². The second-order valence-electron chi connectivity index (χ2n) is 3.33. The topological polar surface area (TPSA) is 45.2 Å². The molecule has 0 bridgehead atoms. The minimum atomic E-state index is -3.13. The molecule has 0 radical (unpaired) electrons. The molecule has 0 saturated heterocycles. The van der Waals surface area contributed by atoms with E-state index in [1.54, 1.807) is 6.07 Å². The minimum absolute atomic E-state index is 0.157. The van der Waals surface area contributed by atoms with E-state index in [2.05, 4.69) is 10.3 Å². The molecule has 1 aromatic rings. The molecule has 2 heterocycles. The van der Waals surface area contributed by atoms with E-state index in [4.69, 9.17) is 0 Å². The quantitative estimate of drug-likeness (QED) is 0.726. The molecule has 6 heteroatoms. The predicted molar refractivity (Wildman–Crippen MR) is 54.4 cm³/mol. The fourth-order valence-corrected chi connectivity index (χ4v) is 1.86. The number of nitrogens with one attached hydrogen (secondary N) is 1. The first-order chi connectivity index (χ1) is 7.04. The normalized spacial score (nSPS) is 23.1. The first kappa shape index (κ1) is 10.6. The van der Waals surface area contributed by atoms with Gasteiger partial charge in [0.2, 0.25) is 0 Å². The number of pyridine rings is 1. The van der Waals surface area contributed by atoms with Crippen LogP contribution >= 0.6 is 11.8 Å². The van der Waals surface area contributed by atoms with E-state index in [-0.39, 0.29) is 5.56 Å². The van der Waals surface area contributed by atoms with Gasteiger partial charge >= 0.3 is 0 Å².